The van der Waals surface area contributed by atoms with E-state index in [1.54, 1.807) is 11.8 Å². The lowest BCUT2D eigenvalue weighted by Gasteiger charge is -2.20. The Morgan fingerprint density at radius 1 is 1.42 bits per heavy atom. The largest absolute Gasteiger partial charge is 0.481 e. The number of benzene rings is 1. The Labute approximate surface area is 120 Å². The summed E-state index contributed by atoms with van der Waals surface area (Å²) in [6.45, 7) is 4.37. The Balaban J connectivity index is 2.22. The number of aliphatic carboxylic acids is 1. The Morgan fingerprint density at radius 3 is 2.68 bits per heavy atom. The predicted octanol–water partition coefficient (Wildman–Crippen LogP) is 2.69. The highest BCUT2D eigenvalue weighted by Gasteiger charge is 2.42. The molecule has 0 bridgehead atoms. The molecule has 1 fully saturated rings. The molecule has 0 spiro atoms. The van der Waals surface area contributed by atoms with Crippen LogP contribution in [0.25, 0.3) is 0 Å². The summed E-state index contributed by atoms with van der Waals surface area (Å²) < 4.78 is 0.743. The zero-order valence-corrected chi connectivity index (χ0v) is 12.5. The van der Waals surface area contributed by atoms with Crippen molar-refractivity contribution in [3.63, 3.8) is 0 Å². The molecule has 1 saturated heterocycles. The lowest BCUT2D eigenvalue weighted by atomic mass is 9.90. The molecule has 1 aromatic rings. The van der Waals surface area contributed by atoms with Crippen molar-refractivity contribution in [2.75, 3.05) is 13.1 Å². The van der Waals surface area contributed by atoms with E-state index in [1.807, 2.05) is 25.1 Å². The summed E-state index contributed by atoms with van der Waals surface area (Å²) in [4.78, 5) is 25.3. The fourth-order valence-electron chi connectivity index (χ4n) is 2.28. The average molecular weight is 326 g/mol. The number of carbonyl (C=O) groups excluding carboxylic acids is 1. The Bertz CT molecular complexity index is 543. The number of hydrogen-bond acceptors (Lipinski definition) is 2. The number of carboxylic acids is 1. The van der Waals surface area contributed by atoms with Crippen molar-refractivity contribution in [2.24, 2.45) is 5.41 Å². The van der Waals surface area contributed by atoms with E-state index in [9.17, 15) is 14.7 Å². The van der Waals surface area contributed by atoms with Crippen LogP contribution in [0.2, 0.25) is 0 Å². The van der Waals surface area contributed by atoms with Gasteiger partial charge in [-0.25, -0.2) is 0 Å². The second kappa shape index (κ2) is 4.96. The summed E-state index contributed by atoms with van der Waals surface area (Å²) in [7, 11) is 0. The van der Waals surface area contributed by atoms with Crippen molar-refractivity contribution in [3.05, 3.63) is 33.8 Å². The minimum absolute atomic E-state index is 0.111. The average Bonchev–Trinajstić information content (AvgIpc) is 2.76. The Hall–Kier alpha value is -1.36. The van der Waals surface area contributed by atoms with Crippen molar-refractivity contribution in [1.29, 1.82) is 0 Å². The lowest BCUT2D eigenvalue weighted by Crippen LogP contribution is -2.35. The molecule has 1 aliphatic heterocycles. The van der Waals surface area contributed by atoms with Crippen LogP contribution in [-0.2, 0) is 4.79 Å². The van der Waals surface area contributed by atoms with Gasteiger partial charge in [-0.2, -0.15) is 0 Å². The molecule has 1 aromatic carbocycles. The number of aryl methyl sites for hydroxylation is 1. The Kier molecular flexibility index (Phi) is 3.67. The van der Waals surface area contributed by atoms with Gasteiger partial charge in [0.05, 0.1) is 11.0 Å². The van der Waals surface area contributed by atoms with Crippen LogP contribution < -0.4 is 0 Å². The molecule has 4 nitrogen and oxygen atoms in total. The minimum atomic E-state index is -0.842. The van der Waals surface area contributed by atoms with E-state index < -0.39 is 11.4 Å². The van der Waals surface area contributed by atoms with E-state index in [1.165, 1.54) is 0 Å². The molecule has 1 atom stereocenters. The molecular formula is C14H16BrNO3. The second-order valence-corrected chi connectivity index (χ2v) is 6.18. The molecule has 1 N–H and O–H groups in total. The summed E-state index contributed by atoms with van der Waals surface area (Å²) in [5.41, 5.74) is 0.771. The molecule has 19 heavy (non-hydrogen) atoms. The normalized spacial score (nSPS) is 22.6. The topological polar surface area (TPSA) is 57.6 Å². The fraction of sp³-hybridized carbons (Fsp3) is 0.429. The third kappa shape index (κ3) is 2.66. The van der Waals surface area contributed by atoms with Crippen LogP contribution in [0, 0.1) is 12.3 Å². The maximum Gasteiger partial charge on any atom is 0.311 e. The maximum absolute atomic E-state index is 12.4. The van der Waals surface area contributed by atoms with Crippen LogP contribution in [-0.4, -0.2) is 35.0 Å². The van der Waals surface area contributed by atoms with Gasteiger partial charge in [-0.1, -0.05) is 11.6 Å². The van der Waals surface area contributed by atoms with Crippen LogP contribution >= 0.6 is 15.9 Å². The van der Waals surface area contributed by atoms with E-state index in [0.29, 0.717) is 18.5 Å². The van der Waals surface area contributed by atoms with Gasteiger partial charge >= 0.3 is 5.97 Å². The quantitative estimate of drug-likeness (QED) is 0.909. The predicted molar refractivity (Wildman–Crippen MR) is 75.1 cm³/mol. The summed E-state index contributed by atoms with van der Waals surface area (Å²) >= 11 is 3.37. The van der Waals surface area contributed by atoms with Crippen molar-refractivity contribution in [3.8, 4) is 0 Å². The minimum Gasteiger partial charge on any atom is -0.481 e. The summed E-state index contributed by atoms with van der Waals surface area (Å²) in [6, 6.07) is 5.59. The van der Waals surface area contributed by atoms with Gasteiger partial charge < -0.3 is 10.0 Å². The zero-order valence-electron chi connectivity index (χ0n) is 10.9. The number of carboxylic acid groups (broad SMARTS) is 1. The molecule has 0 saturated carbocycles. The van der Waals surface area contributed by atoms with Crippen LogP contribution in [0.1, 0.15) is 29.3 Å². The lowest BCUT2D eigenvalue weighted by molar-refractivity contribution is -0.147. The number of amides is 1. The highest BCUT2D eigenvalue weighted by atomic mass is 79.9. The summed E-state index contributed by atoms with van der Waals surface area (Å²) in [5, 5.41) is 9.19. The highest BCUT2D eigenvalue weighted by molar-refractivity contribution is 9.10. The van der Waals surface area contributed by atoms with Gasteiger partial charge in [0.15, 0.2) is 0 Å². The number of likely N-dealkylation sites (tertiary alicyclic amines) is 1. The molecule has 0 aliphatic carbocycles. The van der Waals surface area contributed by atoms with Gasteiger partial charge in [-0.05, 0) is 48.3 Å². The Morgan fingerprint density at radius 2 is 2.11 bits per heavy atom. The first-order chi connectivity index (χ1) is 8.83. The summed E-state index contributed by atoms with van der Waals surface area (Å²) in [5.74, 6) is -0.952. The molecule has 5 heteroatoms. The van der Waals surface area contributed by atoms with Gasteiger partial charge in [0.25, 0.3) is 5.91 Å². The number of nitrogens with zero attached hydrogens (tertiary/aromatic N) is 1. The van der Waals surface area contributed by atoms with Crippen LogP contribution in [0.15, 0.2) is 22.7 Å². The van der Waals surface area contributed by atoms with Gasteiger partial charge in [0.2, 0.25) is 0 Å². The SMILES string of the molecule is Cc1ccc(Br)c(C(=O)N2CCC(C)(C(=O)O)C2)c1. The highest BCUT2D eigenvalue weighted by Crippen LogP contribution is 2.32. The van der Waals surface area contributed by atoms with Crippen molar-refractivity contribution < 1.29 is 14.7 Å². The van der Waals surface area contributed by atoms with E-state index in [2.05, 4.69) is 15.9 Å². The van der Waals surface area contributed by atoms with Crippen molar-refractivity contribution in [1.82, 2.24) is 4.90 Å². The molecule has 2 rings (SSSR count). The first-order valence-electron chi connectivity index (χ1n) is 6.12. The molecule has 0 radical (unpaired) electrons. The molecule has 0 aromatic heterocycles. The second-order valence-electron chi connectivity index (χ2n) is 5.33. The molecule has 102 valence electrons. The summed E-state index contributed by atoms with van der Waals surface area (Å²) in [6.07, 6.45) is 0.498. The first kappa shape index (κ1) is 14.1. The number of hydrogen-bond donors (Lipinski definition) is 1. The van der Waals surface area contributed by atoms with E-state index >= 15 is 0 Å². The molecule has 1 amide bonds. The smallest absolute Gasteiger partial charge is 0.311 e. The third-order valence-electron chi connectivity index (χ3n) is 3.63. The van der Waals surface area contributed by atoms with E-state index in [0.717, 1.165) is 10.0 Å². The molecule has 1 heterocycles. The monoisotopic (exact) mass is 325 g/mol. The molecular weight excluding hydrogens is 310 g/mol. The van der Waals surface area contributed by atoms with Gasteiger partial charge in [-0.3, -0.25) is 9.59 Å². The fourth-order valence-corrected chi connectivity index (χ4v) is 2.70. The van der Waals surface area contributed by atoms with E-state index in [-0.39, 0.29) is 12.5 Å². The van der Waals surface area contributed by atoms with Crippen LogP contribution in [0.3, 0.4) is 0 Å². The van der Waals surface area contributed by atoms with Gasteiger partial charge in [0.1, 0.15) is 0 Å². The molecule has 1 unspecified atom stereocenters. The van der Waals surface area contributed by atoms with Crippen molar-refractivity contribution >= 4 is 27.8 Å². The van der Waals surface area contributed by atoms with Gasteiger partial charge in [-0.15, -0.1) is 0 Å². The number of rotatable bonds is 2. The third-order valence-corrected chi connectivity index (χ3v) is 4.32. The number of carbonyl (C=O) groups is 2. The molecule has 1 aliphatic rings. The van der Waals surface area contributed by atoms with E-state index in [4.69, 9.17) is 0 Å². The van der Waals surface area contributed by atoms with Crippen molar-refractivity contribution in [2.45, 2.75) is 20.3 Å². The maximum atomic E-state index is 12.4. The standard InChI is InChI=1S/C14H16BrNO3/c1-9-3-4-11(15)10(7-9)12(17)16-6-5-14(2,8-16)13(18)19/h3-4,7H,5-6,8H2,1-2H3,(H,18,19). The first-order valence-corrected chi connectivity index (χ1v) is 6.92. The zero-order chi connectivity index (χ0) is 14.2. The van der Waals surface area contributed by atoms with Crippen LogP contribution in [0.5, 0.6) is 0 Å². The number of halogens is 1. The van der Waals surface area contributed by atoms with Gasteiger partial charge in [0, 0.05) is 17.6 Å². The van der Waals surface area contributed by atoms with Crippen LogP contribution in [0.4, 0.5) is 0 Å².